The monoisotopic (exact) mass is 1810 g/mol. The smallest absolute Gasteiger partial charge is 0.305 e. The number of carbonyl (C=O) groups is 3. The van der Waals surface area contributed by atoms with Crippen molar-refractivity contribution in [3.05, 3.63) is 12.2 Å². The maximum absolute atomic E-state index is 12.8. The Balaban J connectivity index is 0.000000581. The molecule has 28 nitrogen and oxygen atoms in total. The summed E-state index contributed by atoms with van der Waals surface area (Å²) in [5.74, 6) is -4.08. The lowest BCUT2D eigenvalue weighted by molar-refractivity contribution is -0.377. The highest BCUT2D eigenvalue weighted by Gasteiger charge is 2.59. The lowest BCUT2D eigenvalue weighted by atomic mass is 9.86. The second kappa shape index (κ2) is 77.7. The van der Waals surface area contributed by atoms with E-state index in [1.807, 2.05) is 6.92 Å². The average Bonchev–Trinajstić information content (AvgIpc) is 1.56. The number of ether oxygens (including phenoxy) is 9. The standard InChI is InChI=1S/C31H58O11.C25H46O5.C24H46O6.C18H36O6/c1-2-3-4-5-6-7-8-9-10-11-12-13-14-15-16-17-22(35)18-23-26(36)27(37)24(19-32)40-30(23)42-31(21-34)29(39)28(38)25(20-33)41-31;1-3-4-5-6-7-8-9-10-11-12-13-14-15-16-17-18-23(27)29-20-22(26)25-24(28)21(2)19-30-25;1-2-3-4-5-6-7-8-9-10-11-12-13-14-15-16-17-22(27)29-19-21(26)24-23(28)20(25)18-30-24;1-2-3-4-5-6-7-8-9-10-11-12-23-18-17(22)16(21)15(20)14(13-19)24-18/h23-30,32-34,36-39H,2-21H2,1H3;10-11,21-22,24-26,28H,3-9,12-20H2,1-2H3;20-21,23-26,28H,2-19H2,1H3;14-22H,2-13H2,1H3/b;11-10-;;/t23?,24?,25-,26+,27-,28?,29-,30-,31+;21-,22?,24+,25+;20-,21?,23+,24-;14-,15-,16+,17-,18-/m1011/s1. The summed E-state index contributed by atoms with van der Waals surface area (Å²) in [4.78, 5) is 36.4. The predicted octanol–water partition coefficient (Wildman–Crippen LogP) is 13.4. The number of unbranched alkanes of at least 4 members (excludes halogenated alkanes) is 48. The van der Waals surface area contributed by atoms with Crippen molar-refractivity contribution in [3.63, 3.8) is 0 Å². The van der Waals surface area contributed by atoms with Crippen LogP contribution in [-0.2, 0) is 57.0 Å². The van der Waals surface area contributed by atoms with Gasteiger partial charge in [-0.1, -0.05) is 336 Å². The van der Waals surface area contributed by atoms with E-state index in [2.05, 4.69) is 39.8 Å². The number of esters is 2. The van der Waals surface area contributed by atoms with Crippen LogP contribution in [0.15, 0.2) is 12.2 Å². The molecule has 16 N–H and O–H groups in total. The number of carbonyl (C=O) groups excluding carboxylic acids is 3. The van der Waals surface area contributed by atoms with Crippen LogP contribution in [0.4, 0.5) is 0 Å². The van der Waals surface area contributed by atoms with E-state index in [0.29, 0.717) is 32.5 Å². The number of allylic oxidation sites excluding steroid dienone is 2. The Bertz CT molecular complexity index is 2540. The highest BCUT2D eigenvalue weighted by molar-refractivity contribution is 5.78. The number of ketones is 1. The van der Waals surface area contributed by atoms with Gasteiger partial charge in [-0.3, -0.25) is 14.4 Å². The van der Waals surface area contributed by atoms with E-state index in [4.69, 9.17) is 47.7 Å². The first kappa shape index (κ1) is 119. The van der Waals surface area contributed by atoms with Crippen molar-refractivity contribution in [2.45, 2.75) is 523 Å². The summed E-state index contributed by atoms with van der Waals surface area (Å²) in [5.41, 5.74) is 0. The van der Waals surface area contributed by atoms with Crippen LogP contribution in [0.2, 0.25) is 0 Å². The van der Waals surface area contributed by atoms with E-state index in [9.17, 15) is 91.0 Å². The van der Waals surface area contributed by atoms with Crippen LogP contribution in [0.5, 0.6) is 0 Å². The molecule has 22 atom stereocenters. The first-order chi connectivity index (χ1) is 61.0. The van der Waals surface area contributed by atoms with E-state index >= 15 is 0 Å². The Labute approximate surface area is 759 Å². The topological polar surface area (TPSA) is 458 Å². The SMILES string of the molecule is CCCCCCCC/C=C\CCCCCCCC(=O)OCC(O)[C@H]1OC[C@H](C)[C@H]1O.CCCCCCCCCCCCCCCCCC(=O)CC1[C@@H](O[C@]2(CO)O[C@H](CO)C(O)[C@H]2O)OC(CO)[C@@H](O)[C@H]1O.CCCCCCCCCCCCCCCCCC(=O)OCC(O)[C@H]1OC[C@@H](O)[C@@H]1O.CCCCCCCCCCCCO[C@@H]1O[C@H](CO)[C@@H](O)[C@H](O)[C@H]1O. The van der Waals surface area contributed by atoms with Gasteiger partial charge in [0.25, 0.3) is 0 Å². The quantitative estimate of drug-likeness (QED) is 0.0153. The predicted molar refractivity (Wildman–Crippen MR) is 486 cm³/mol. The molecule has 5 heterocycles. The molecule has 0 aromatic rings. The van der Waals surface area contributed by atoms with Crippen molar-refractivity contribution in [2.24, 2.45) is 11.8 Å². The van der Waals surface area contributed by atoms with E-state index in [0.717, 1.165) is 77.0 Å². The molecule has 126 heavy (non-hydrogen) atoms. The van der Waals surface area contributed by atoms with Crippen molar-refractivity contribution in [3.8, 4) is 0 Å². The Hall–Kier alpha value is -2.57. The van der Waals surface area contributed by atoms with E-state index in [1.54, 1.807) is 0 Å². The first-order valence-electron chi connectivity index (χ1n) is 50.6. The van der Waals surface area contributed by atoms with Crippen LogP contribution in [0.25, 0.3) is 0 Å². The molecule has 0 spiro atoms. The Morgan fingerprint density at radius 2 is 0.714 bits per heavy atom. The van der Waals surface area contributed by atoms with Crippen molar-refractivity contribution < 1.29 is 139 Å². The zero-order valence-electron chi connectivity index (χ0n) is 79.0. The third-order valence-corrected chi connectivity index (χ3v) is 25.3. The van der Waals surface area contributed by atoms with Crippen LogP contribution < -0.4 is 0 Å². The molecular weight excluding hydrogens is 1630 g/mol. The minimum atomic E-state index is -2.20. The first-order valence-corrected chi connectivity index (χ1v) is 50.6. The molecule has 5 aliphatic heterocycles. The van der Waals surface area contributed by atoms with Crippen molar-refractivity contribution in [1.29, 1.82) is 0 Å². The lowest BCUT2D eigenvalue weighted by Crippen LogP contribution is -2.60. The van der Waals surface area contributed by atoms with Gasteiger partial charge in [0.2, 0.25) is 5.79 Å². The molecule has 28 heteroatoms. The third kappa shape index (κ3) is 52.9. The van der Waals surface area contributed by atoms with E-state index in [-0.39, 0.29) is 56.3 Å². The molecule has 5 saturated heterocycles. The number of hydrogen-bond acceptors (Lipinski definition) is 28. The van der Waals surface area contributed by atoms with Crippen LogP contribution in [0.3, 0.4) is 0 Å². The number of rotatable bonds is 73. The van der Waals surface area contributed by atoms with Crippen molar-refractivity contribution >= 4 is 17.7 Å². The molecule has 5 unspecified atom stereocenters. The molecule has 5 rings (SSSR count). The van der Waals surface area contributed by atoms with Crippen LogP contribution in [0.1, 0.15) is 401 Å². The zero-order valence-corrected chi connectivity index (χ0v) is 79.0. The molecule has 0 radical (unpaired) electrons. The number of hydrogen-bond donors (Lipinski definition) is 16. The Morgan fingerprint density at radius 1 is 0.373 bits per heavy atom. The van der Waals surface area contributed by atoms with E-state index in [1.165, 1.54) is 257 Å². The van der Waals surface area contributed by atoms with Gasteiger partial charge in [0.1, 0.15) is 117 Å². The summed E-state index contributed by atoms with van der Waals surface area (Å²) in [7, 11) is 0. The second-order valence-corrected chi connectivity index (χ2v) is 36.6. The fraction of sp³-hybridized carbons (Fsp3) is 0.949. The summed E-state index contributed by atoms with van der Waals surface area (Å²) in [6.07, 6.45) is 48.4. The fourth-order valence-electron chi connectivity index (χ4n) is 16.7. The molecule has 746 valence electrons. The molecule has 0 aliphatic carbocycles. The number of Topliss-reactive ketones (excluding diaryl/α,β-unsaturated/α-hetero) is 1. The molecular formula is C98H186O28. The van der Waals surface area contributed by atoms with Crippen molar-refractivity contribution in [2.75, 3.05) is 59.5 Å². The molecule has 0 aromatic heterocycles. The van der Waals surface area contributed by atoms with Gasteiger partial charge in [0.15, 0.2) is 12.6 Å². The summed E-state index contributed by atoms with van der Waals surface area (Å²) in [6, 6.07) is 0. The number of aliphatic hydroxyl groups is 16. The normalized spacial score (nSPS) is 27.6. The fourth-order valence-corrected chi connectivity index (χ4v) is 16.7. The highest BCUT2D eigenvalue weighted by atomic mass is 16.8. The van der Waals surface area contributed by atoms with Gasteiger partial charge in [0.05, 0.1) is 45.2 Å². The Kier molecular flexibility index (Phi) is 73.7. The van der Waals surface area contributed by atoms with Gasteiger partial charge in [-0.05, 0) is 51.4 Å². The summed E-state index contributed by atoms with van der Waals surface area (Å²) in [6.45, 7) is 8.69. The minimum absolute atomic E-state index is 0.00355. The Morgan fingerprint density at radius 3 is 1.06 bits per heavy atom. The molecule has 0 bridgehead atoms. The minimum Gasteiger partial charge on any atom is -0.463 e. The molecule has 5 fully saturated rings. The summed E-state index contributed by atoms with van der Waals surface area (Å²) in [5, 5.41) is 158. The van der Waals surface area contributed by atoms with E-state index < -0.39 is 154 Å². The van der Waals surface area contributed by atoms with Gasteiger partial charge in [-0.25, -0.2) is 0 Å². The molecule has 0 amide bonds. The largest absolute Gasteiger partial charge is 0.463 e. The molecule has 0 aromatic carbocycles. The third-order valence-electron chi connectivity index (χ3n) is 25.3. The van der Waals surface area contributed by atoms with Crippen LogP contribution in [0, 0.1) is 11.8 Å². The maximum atomic E-state index is 12.8. The van der Waals surface area contributed by atoms with Crippen LogP contribution in [-0.4, -0.2) is 281 Å². The van der Waals surface area contributed by atoms with Crippen molar-refractivity contribution in [1.82, 2.24) is 0 Å². The summed E-state index contributed by atoms with van der Waals surface area (Å²) >= 11 is 0. The van der Waals surface area contributed by atoms with Gasteiger partial charge in [0, 0.05) is 44.1 Å². The maximum Gasteiger partial charge on any atom is 0.305 e. The average molecular weight is 1810 g/mol. The second-order valence-electron chi connectivity index (χ2n) is 36.6. The number of aliphatic hydroxyl groups excluding tert-OH is 16. The van der Waals surface area contributed by atoms with Gasteiger partial charge >= 0.3 is 11.9 Å². The van der Waals surface area contributed by atoms with Crippen LogP contribution >= 0.6 is 0 Å². The van der Waals surface area contributed by atoms with Gasteiger partial charge in [-0.2, -0.15) is 0 Å². The molecule has 5 aliphatic rings. The van der Waals surface area contributed by atoms with Gasteiger partial charge < -0.3 is 124 Å². The molecule has 0 saturated carbocycles. The summed E-state index contributed by atoms with van der Waals surface area (Å²) < 4.78 is 48.2. The highest BCUT2D eigenvalue weighted by Crippen LogP contribution is 2.39. The zero-order chi connectivity index (χ0) is 92.8. The van der Waals surface area contributed by atoms with Gasteiger partial charge in [-0.15, -0.1) is 0 Å². The lowest BCUT2D eigenvalue weighted by Gasteiger charge is -2.45.